The second-order valence-corrected chi connectivity index (χ2v) is 9.26. The first kappa shape index (κ1) is 20.1. The number of hydrogen-bond acceptors (Lipinski definition) is 7. The Morgan fingerprint density at radius 3 is 2.77 bits per heavy atom. The summed E-state index contributed by atoms with van der Waals surface area (Å²) >= 11 is 1.82. The monoisotopic (exact) mass is 432 g/mol. The highest BCUT2D eigenvalue weighted by Crippen LogP contribution is 2.38. The van der Waals surface area contributed by atoms with Crippen molar-refractivity contribution in [3.05, 3.63) is 36.4 Å². The van der Waals surface area contributed by atoms with Gasteiger partial charge in [-0.3, -0.25) is 13.9 Å². The zero-order chi connectivity index (χ0) is 21.4. The lowest BCUT2D eigenvalue weighted by atomic mass is 9.84. The third kappa shape index (κ3) is 3.39. The number of aromatic nitrogens is 4. The molecule has 5 rings (SSSR count). The van der Waals surface area contributed by atoms with Gasteiger partial charge >= 0.3 is 0 Å². The number of H-pyrrole nitrogens is 1. The highest BCUT2D eigenvalue weighted by atomic mass is 32.2. The molecule has 158 valence electrons. The first-order chi connectivity index (χ1) is 15.2. The van der Waals surface area contributed by atoms with Gasteiger partial charge in [-0.2, -0.15) is 15.6 Å². The van der Waals surface area contributed by atoms with Gasteiger partial charge in [0.15, 0.2) is 0 Å². The van der Waals surface area contributed by atoms with E-state index in [1.165, 1.54) is 12.8 Å². The molecule has 5 heterocycles. The third-order valence-corrected chi connectivity index (χ3v) is 7.55. The molecule has 0 radical (unpaired) electrons. The maximum Gasteiger partial charge on any atom is 0.137 e. The van der Waals surface area contributed by atoms with Gasteiger partial charge in [0.05, 0.1) is 24.3 Å². The number of aromatic amines is 1. The van der Waals surface area contributed by atoms with Crippen LogP contribution in [0.5, 0.6) is 0 Å². The van der Waals surface area contributed by atoms with E-state index in [-0.39, 0.29) is 5.54 Å². The molecule has 1 N–H and O–H groups in total. The molecule has 0 unspecified atom stereocenters. The largest absolute Gasteiger partial charge is 0.346 e. The molecule has 0 atom stereocenters. The molecular formula is C22H24N8S. The van der Waals surface area contributed by atoms with Crippen molar-refractivity contribution in [3.63, 3.8) is 0 Å². The minimum absolute atomic E-state index is 0.305. The van der Waals surface area contributed by atoms with Crippen LogP contribution < -0.4 is 0 Å². The average molecular weight is 433 g/mol. The molecule has 31 heavy (non-hydrogen) atoms. The number of nitrogens with zero attached hydrogens (tertiary/aromatic N) is 7. The summed E-state index contributed by atoms with van der Waals surface area (Å²) in [5.41, 5.74) is 2.69. The second kappa shape index (κ2) is 8.01. The summed E-state index contributed by atoms with van der Waals surface area (Å²) in [6.45, 7) is 3.91. The minimum atomic E-state index is -0.305. The van der Waals surface area contributed by atoms with Crippen LogP contribution in [0.4, 0.5) is 0 Å². The van der Waals surface area contributed by atoms with E-state index in [2.05, 4.69) is 42.7 Å². The van der Waals surface area contributed by atoms with Crippen molar-refractivity contribution in [2.24, 2.45) is 0 Å². The lowest BCUT2D eigenvalue weighted by Crippen LogP contribution is -2.66. The van der Waals surface area contributed by atoms with Crippen LogP contribution in [0.2, 0.25) is 0 Å². The fourth-order valence-corrected chi connectivity index (χ4v) is 5.53. The molecule has 0 aromatic carbocycles. The molecular weight excluding hydrogens is 408 g/mol. The third-order valence-electron chi connectivity index (χ3n) is 6.67. The van der Waals surface area contributed by atoms with Gasteiger partial charge in [-0.05, 0) is 25.2 Å². The molecule has 0 saturated carbocycles. The number of likely N-dealkylation sites (tertiary alicyclic amines) is 1. The van der Waals surface area contributed by atoms with Crippen molar-refractivity contribution >= 4 is 23.0 Å². The van der Waals surface area contributed by atoms with Crippen LogP contribution in [-0.2, 0) is 5.54 Å². The highest BCUT2D eigenvalue weighted by Gasteiger charge is 2.48. The molecule has 0 aliphatic carbocycles. The Balaban J connectivity index is 1.41. The van der Waals surface area contributed by atoms with Gasteiger partial charge in [0, 0.05) is 67.3 Å². The molecule has 0 spiro atoms. The first-order valence-electron chi connectivity index (χ1n) is 10.5. The number of rotatable bonds is 5. The Morgan fingerprint density at radius 2 is 2.06 bits per heavy atom. The maximum absolute atomic E-state index is 9.62. The molecule has 2 saturated heterocycles. The number of nitriles is 2. The Morgan fingerprint density at radius 1 is 1.26 bits per heavy atom. The topological polar surface area (TPSA) is 101 Å². The summed E-state index contributed by atoms with van der Waals surface area (Å²) in [5.74, 6) is 0. The summed E-state index contributed by atoms with van der Waals surface area (Å²) in [4.78, 5) is 9.94. The Kier molecular flexibility index (Phi) is 5.19. The SMILES string of the molecule is CSN1CCC(N2CC(CC#N)(n3cc(-c4c(C#N)cnc5[nH]ccc45)cn3)C2)CC1. The van der Waals surface area contributed by atoms with E-state index in [9.17, 15) is 10.5 Å². The van der Waals surface area contributed by atoms with Crippen molar-refractivity contribution in [3.8, 4) is 23.3 Å². The number of hydrogen-bond donors (Lipinski definition) is 1. The van der Waals surface area contributed by atoms with Gasteiger partial charge in [-0.25, -0.2) is 4.98 Å². The van der Waals surface area contributed by atoms with Crippen LogP contribution in [0.15, 0.2) is 30.9 Å². The van der Waals surface area contributed by atoms with E-state index in [0.717, 1.165) is 48.3 Å². The Hall–Kier alpha value is -2.85. The molecule has 2 fully saturated rings. The lowest BCUT2D eigenvalue weighted by Gasteiger charge is -2.53. The van der Waals surface area contributed by atoms with Gasteiger partial charge in [0.1, 0.15) is 17.3 Å². The van der Waals surface area contributed by atoms with Crippen LogP contribution >= 0.6 is 11.9 Å². The maximum atomic E-state index is 9.62. The van der Waals surface area contributed by atoms with Crippen LogP contribution in [0.3, 0.4) is 0 Å². The molecule has 0 amide bonds. The van der Waals surface area contributed by atoms with E-state index in [0.29, 0.717) is 18.0 Å². The number of fused-ring (bicyclic) bond motifs is 1. The van der Waals surface area contributed by atoms with Crippen molar-refractivity contribution in [1.82, 2.24) is 29.0 Å². The quantitative estimate of drug-likeness (QED) is 0.619. The average Bonchev–Trinajstić information content (AvgIpc) is 3.45. The van der Waals surface area contributed by atoms with Gasteiger partial charge in [-0.1, -0.05) is 11.9 Å². The number of piperidine rings is 1. The summed E-state index contributed by atoms with van der Waals surface area (Å²) in [7, 11) is 0. The second-order valence-electron chi connectivity index (χ2n) is 8.38. The van der Waals surface area contributed by atoms with Gasteiger partial charge in [0.25, 0.3) is 0 Å². The van der Waals surface area contributed by atoms with Gasteiger partial charge in [0.2, 0.25) is 0 Å². The summed E-state index contributed by atoms with van der Waals surface area (Å²) in [6.07, 6.45) is 12.1. The van der Waals surface area contributed by atoms with Crippen LogP contribution in [0, 0.1) is 22.7 Å². The highest BCUT2D eigenvalue weighted by molar-refractivity contribution is 7.96. The van der Waals surface area contributed by atoms with Crippen molar-refractivity contribution in [2.75, 3.05) is 32.4 Å². The van der Waals surface area contributed by atoms with Gasteiger partial charge in [-0.15, -0.1) is 0 Å². The Bertz CT molecular complexity index is 1170. The molecule has 3 aromatic heterocycles. The molecule has 9 heteroatoms. The summed E-state index contributed by atoms with van der Waals surface area (Å²) in [6, 6.07) is 7.15. The van der Waals surface area contributed by atoms with Crippen LogP contribution in [0.25, 0.3) is 22.2 Å². The predicted octanol–water partition coefficient (Wildman–Crippen LogP) is 2.97. The normalized spacial score (nSPS) is 19.7. The first-order valence-corrected chi connectivity index (χ1v) is 11.7. The number of nitrogens with one attached hydrogen (secondary N) is 1. The smallest absolute Gasteiger partial charge is 0.137 e. The fourth-order valence-electron chi connectivity index (χ4n) is 4.96. The van der Waals surface area contributed by atoms with E-state index < -0.39 is 0 Å². The number of pyridine rings is 1. The van der Waals surface area contributed by atoms with Crippen LogP contribution in [0.1, 0.15) is 24.8 Å². The minimum Gasteiger partial charge on any atom is -0.346 e. The molecule has 0 bridgehead atoms. The van der Waals surface area contributed by atoms with Crippen molar-refractivity contribution in [1.29, 1.82) is 10.5 Å². The predicted molar refractivity (Wildman–Crippen MR) is 120 cm³/mol. The molecule has 3 aromatic rings. The molecule has 2 aliphatic heterocycles. The zero-order valence-electron chi connectivity index (χ0n) is 17.5. The van der Waals surface area contributed by atoms with Crippen molar-refractivity contribution < 1.29 is 0 Å². The standard InChI is InChI=1S/C22H24N8S/c1-31-29-8-3-18(4-9-29)28-14-22(15-28,5-6-23)30-13-17(12-27-30)20-16(10-24)11-26-21-19(20)2-7-25-21/h2,7,11-13,18H,3-5,8-9,14-15H2,1H3,(H,25,26). The van der Waals surface area contributed by atoms with Crippen molar-refractivity contribution in [2.45, 2.75) is 30.8 Å². The lowest BCUT2D eigenvalue weighted by molar-refractivity contribution is -0.0377. The van der Waals surface area contributed by atoms with Gasteiger partial charge < -0.3 is 4.98 Å². The van der Waals surface area contributed by atoms with Crippen LogP contribution in [-0.4, -0.2) is 67.4 Å². The van der Waals surface area contributed by atoms with E-state index in [1.54, 1.807) is 12.4 Å². The van der Waals surface area contributed by atoms with E-state index in [1.807, 2.05) is 35.1 Å². The van der Waals surface area contributed by atoms with E-state index in [4.69, 9.17) is 0 Å². The Labute approximate surface area is 185 Å². The fraction of sp³-hybridized carbons (Fsp3) is 0.455. The summed E-state index contributed by atoms with van der Waals surface area (Å²) in [5, 5.41) is 24.7. The molecule has 8 nitrogen and oxygen atoms in total. The van der Waals surface area contributed by atoms with E-state index >= 15 is 0 Å². The summed E-state index contributed by atoms with van der Waals surface area (Å²) < 4.78 is 4.38. The molecule has 2 aliphatic rings. The zero-order valence-corrected chi connectivity index (χ0v) is 18.3.